The molecule has 0 fully saturated rings. The molecule has 1 heterocycles. The fourth-order valence-corrected chi connectivity index (χ4v) is 1.07. The van der Waals surface area contributed by atoms with E-state index >= 15 is 0 Å². The van der Waals surface area contributed by atoms with Gasteiger partial charge in [-0.2, -0.15) is 0 Å². The average molecular weight is 200 g/mol. The van der Waals surface area contributed by atoms with Crippen molar-refractivity contribution in [2.24, 2.45) is 5.73 Å². The van der Waals surface area contributed by atoms with Gasteiger partial charge in [-0.15, -0.1) is 5.10 Å². The number of carboxylic acids is 1. The molecule has 0 aliphatic rings. The molecule has 0 aromatic carbocycles. The molecule has 0 aliphatic carbocycles. The number of carboxylic acid groups (broad SMARTS) is 1. The Hall–Kier alpha value is -1.47. The highest BCUT2D eigenvalue weighted by atomic mass is 16.5. The minimum atomic E-state index is -0.985. The predicted octanol–water partition coefficient (Wildman–Crippen LogP) is -0.991. The molecule has 0 amide bonds. The van der Waals surface area contributed by atoms with E-state index in [0.29, 0.717) is 12.3 Å². The topological polar surface area (TPSA) is 103 Å². The number of nitrogens with zero attached hydrogens (tertiary/aromatic N) is 3. The van der Waals surface area contributed by atoms with Gasteiger partial charge >= 0.3 is 5.97 Å². The van der Waals surface area contributed by atoms with Gasteiger partial charge in [-0.05, 0) is 0 Å². The van der Waals surface area contributed by atoms with E-state index in [9.17, 15) is 4.79 Å². The Balaban J connectivity index is 2.75. The molecule has 1 atom stereocenters. The van der Waals surface area contributed by atoms with Crippen LogP contribution in [0.2, 0.25) is 0 Å². The molecule has 0 saturated carbocycles. The molecule has 0 radical (unpaired) electrons. The lowest BCUT2D eigenvalue weighted by molar-refractivity contribution is -0.138. The van der Waals surface area contributed by atoms with Crippen LogP contribution in [0.15, 0.2) is 6.20 Å². The SMILES string of the molecule is COC[C@@H](N)c1cnnn1CC(=O)O. The lowest BCUT2D eigenvalue weighted by atomic mass is 10.2. The van der Waals surface area contributed by atoms with Crippen molar-refractivity contribution in [1.82, 2.24) is 15.0 Å². The Morgan fingerprint density at radius 1 is 1.86 bits per heavy atom. The third-order valence-electron chi connectivity index (χ3n) is 1.66. The molecule has 1 rings (SSSR count). The second-order valence-electron chi connectivity index (χ2n) is 2.77. The molecule has 78 valence electrons. The number of aliphatic carboxylic acids is 1. The smallest absolute Gasteiger partial charge is 0.325 e. The van der Waals surface area contributed by atoms with Crippen molar-refractivity contribution < 1.29 is 14.6 Å². The first-order valence-corrected chi connectivity index (χ1v) is 4.00. The molecular weight excluding hydrogens is 188 g/mol. The molecule has 7 nitrogen and oxygen atoms in total. The van der Waals surface area contributed by atoms with Crippen molar-refractivity contribution in [2.45, 2.75) is 12.6 Å². The molecule has 0 unspecified atom stereocenters. The number of nitrogens with two attached hydrogens (primary N) is 1. The molecule has 0 saturated heterocycles. The van der Waals surface area contributed by atoms with Gasteiger partial charge in [0.1, 0.15) is 6.54 Å². The zero-order chi connectivity index (χ0) is 10.6. The third-order valence-corrected chi connectivity index (χ3v) is 1.66. The lowest BCUT2D eigenvalue weighted by Crippen LogP contribution is -2.22. The zero-order valence-corrected chi connectivity index (χ0v) is 7.75. The standard InChI is InChI=1S/C7H12N4O3/c1-14-4-5(8)6-2-9-10-11(6)3-7(12)13/h2,5H,3-4,8H2,1H3,(H,12,13)/t5-/m1/s1. The highest BCUT2D eigenvalue weighted by molar-refractivity contribution is 5.66. The van der Waals surface area contributed by atoms with Gasteiger partial charge in [-0.25, -0.2) is 4.68 Å². The van der Waals surface area contributed by atoms with Gasteiger partial charge in [0.2, 0.25) is 0 Å². The molecule has 0 aliphatic heterocycles. The molecular formula is C7H12N4O3. The van der Waals surface area contributed by atoms with Crippen LogP contribution in [0, 0.1) is 0 Å². The van der Waals surface area contributed by atoms with Crippen LogP contribution in [0.5, 0.6) is 0 Å². The van der Waals surface area contributed by atoms with Crippen LogP contribution in [0.25, 0.3) is 0 Å². The summed E-state index contributed by atoms with van der Waals surface area (Å²) < 4.78 is 6.09. The fourth-order valence-electron chi connectivity index (χ4n) is 1.07. The van der Waals surface area contributed by atoms with Crippen molar-refractivity contribution in [1.29, 1.82) is 0 Å². The van der Waals surface area contributed by atoms with Crippen molar-refractivity contribution in [3.05, 3.63) is 11.9 Å². The minimum Gasteiger partial charge on any atom is -0.480 e. The maximum absolute atomic E-state index is 10.4. The summed E-state index contributed by atoms with van der Waals surface area (Å²) >= 11 is 0. The van der Waals surface area contributed by atoms with E-state index in [1.54, 1.807) is 0 Å². The molecule has 1 aromatic rings. The summed E-state index contributed by atoms with van der Waals surface area (Å²) in [7, 11) is 1.52. The van der Waals surface area contributed by atoms with Crippen LogP contribution in [-0.2, 0) is 16.1 Å². The lowest BCUT2D eigenvalue weighted by Gasteiger charge is -2.10. The predicted molar refractivity (Wildman–Crippen MR) is 46.5 cm³/mol. The van der Waals surface area contributed by atoms with Gasteiger partial charge < -0.3 is 15.6 Å². The van der Waals surface area contributed by atoms with E-state index in [-0.39, 0.29) is 6.54 Å². The molecule has 7 heteroatoms. The second kappa shape index (κ2) is 4.68. The number of carbonyl (C=O) groups is 1. The minimum absolute atomic E-state index is 0.243. The Bertz CT molecular complexity index is 312. The summed E-state index contributed by atoms with van der Waals surface area (Å²) in [6, 6.07) is -0.408. The Morgan fingerprint density at radius 2 is 2.57 bits per heavy atom. The van der Waals surface area contributed by atoms with Crippen molar-refractivity contribution in [3.63, 3.8) is 0 Å². The molecule has 0 bridgehead atoms. The van der Waals surface area contributed by atoms with Crippen molar-refractivity contribution >= 4 is 5.97 Å². The summed E-state index contributed by atoms with van der Waals surface area (Å²) in [6.45, 7) is 0.0553. The van der Waals surface area contributed by atoms with Crippen molar-refractivity contribution in [2.75, 3.05) is 13.7 Å². The summed E-state index contributed by atoms with van der Waals surface area (Å²) in [4.78, 5) is 10.4. The van der Waals surface area contributed by atoms with E-state index in [4.69, 9.17) is 15.6 Å². The Kier molecular flexibility index (Phi) is 3.55. The van der Waals surface area contributed by atoms with Gasteiger partial charge in [-0.3, -0.25) is 4.79 Å². The summed E-state index contributed by atoms with van der Waals surface area (Å²) in [5, 5.41) is 15.8. The molecule has 14 heavy (non-hydrogen) atoms. The Morgan fingerprint density at radius 3 is 3.14 bits per heavy atom. The number of hydrogen-bond donors (Lipinski definition) is 2. The number of ether oxygens (including phenoxy) is 1. The van der Waals surface area contributed by atoms with Gasteiger partial charge in [-0.1, -0.05) is 5.21 Å². The van der Waals surface area contributed by atoms with Crippen LogP contribution in [0.3, 0.4) is 0 Å². The maximum atomic E-state index is 10.4. The Labute approximate surface area is 80.5 Å². The first-order chi connectivity index (χ1) is 6.65. The van der Waals surface area contributed by atoms with Gasteiger partial charge in [0.15, 0.2) is 0 Å². The normalized spacial score (nSPS) is 12.7. The summed E-state index contributed by atoms with van der Waals surface area (Å²) in [5.41, 5.74) is 6.26. The molecule has 1 aromatic heterocycles. The van der Waals surface area contributed by atoms with Crippen LogP contribution >= 0.6 is 0 Å². The zero-order valence-electron chi connectivity index (χ0n) is 7.75. The first-order valence-electron chi connectivity index (χ1n) is 4.00. The third kappa shape index (κ3) is 2.51. The largest absolute Gasteiger partial charge is 0.480 e. The molecule has 0 spiro atoms. The highest BCUT2D eigenvalue weighted by Gasteiger charge is 2.14. The average Bonchev–Trinajstić information content (AvgIpc) is 2.51. The van der Waals surface area contributed by atoms with Gasteiger partial charge in [0, 0.05) is 7.11 Å². The van der Waals surface area contributed by atoms with E-state index in [1.165, 1.54) is 18.0 Å². The number of hydrogen-bond acceptors (Lipinski definition) is 5. The monoisotopic (exact) mass is 200 g/mol. The van der Waals surface area contributed by atoms with Gasteiger partial charge in [0.05, 0.1) is 24.5 Å². The quantitative estimate of drug-likeness (QED) is 0.632. The molecule has 3 N–H and O–H groups in total. The van der Waals surface area contributed by atoms with Crippen LogP contribution < -0.4 is 5.73 Å². The number of aromatic nitrogens is 3. The van der Waals surface area contributed by atoms with Crippen LogP contribution in [0.1, 0.15) is 11.7 Å². The van der Waals surface area contributed by atoms with Gasteiger partial charge in [0.25, 0.3) is 0 Å². The maximum Gasteiger partial charge on any atom is 0.325 e. The van der Waals surface area contributed by atoms with E-state index < -0.39 is 12.0 Å². The summed E-state index contributed by atoms with van der Waals surface area (Å²) in [6.07, 6.45) is 1.44. The van der Waals surface area contributed by atoms with Crippen LogP contribution in [0.4, 0.5) is 0 Å². The summed E-state index contributed by atoms with van der Waals surface area (Å²) in [5.74, 6) is -0.985. The first kappa shape index (κ1) is 10.6. The van der Waals surface area contributed by atoms with E-state index in [2.05, 4.69) is 10.3 Å². The van der Waals surface area contributed by atoms with Crippen molar-refractivity contribution in [3.8, 4) is 0 Å². The van der Waals surface area contributed by atoms with E-state index in [1.807, 2.05) is 0 Å². The second-order valence-corrected chi connectivity index (χ2v) is 2.77. The number of methoxy groups -OCH3 is 1. The number of rotatable bonds is 5. The van der Waals surface area contributed by atoms with Crippen LogP contribution in [-0.4, -0.2) is 39.8 Å². The fraction of sp³-hybridized carbons (Fsp3) is 0.571. The highest BCUT2D eigenvalue weighted by Crippen LogP contribution is 2.07. The van der Waals surface area contributed by atoms with E-state index in [0.717, 1.165) is 0 Å².